The van der Waals surface area contributed by atoms with E-state index in [1.54, 1.807) is 6.92 Å². The summed E-state index contributed by atoms with van der Waals surface area (Å²) in [6, 6.07) is 6.02. The molecule has 1 aromatic carbocycles. The lowest BCUT2D eigenvalue weighted by Gasteiger charge is -2.32. The Morgan fingerprint density at radius 3 is 2.58 bits per heavy atom. The van der Waals surface area contributed by atoms with Crippen LogP contribution in [0.4, 0.5) is 0 Å². The summed E-state index contributed by atoms with van der Waals surface area (Å²) in [6.07, 6.45) is 5.09. The third-order valence-electron chi connectivity index (χ3n) is 5.09. The highest BCUT2D eigenvalue weighted by molar-refractivity contribution is 5.98. The van der Waals surface area contributed by atoms with Gasteiger partial charge in [0.05, 0.1) is 0 Å². The number of nitrogens with one attached hydrogen (secondary N) is 1. The van der Waals surface area contributed by atoms with Crippen molar-refractivity contribution in [3.8, 4) is 0 Å². The van der Waals surface area contributed by atoms with Gasteiger partial charge in [0.25, 0.3) is 0 Å². The molecule has 0 unspecified atom stereocenters. The molecule has 1 saturated heterocycles. The number of benzene rings is 1. The number of amides is 2. The molecule has 0 saturated carbocycles. The summed E-state index contributed by atoms with van der Waals surface area (Å²) in [4.78, 5) is 25.2. The second-order valence-corrected chi connectivity index (χ2v) is 6.64. The summed E-state index contributed by atoms with van der Waals surface area (Å²) in [5.74, 6) is 0.199. The summed E-state index contributed by atoms with van der Waals surface area (Å²) in [5.41, 5.74) is 9.51. The molecular weight excluding hydrogens is 302 g/mol. The molecule has 2 aliphatic rings. The minimum Gasteiger partial charge on any atom is -0.366 e. The lowest BCUT2D eigenvalue weighted by Crippen LogP contribution is -2.36. The van der Waals surface area contributed by atoms with Gasteiger partial charge in [-0.2, -0.15) is 0 Å². The van der Waals surface area contributed by atoms with Crippen LogP contribution in [0.1, 0.15) is 53.6 Å². The molecule has 1 aromatic rings. The number of piperidine rings is 1. The third kappa shape index (κ3) is 3.51. The molecule has 0 bridgehead atoms. The third-order valence-corrected chi connectivity index (χ3v) is 5.09. The normalized spacial score (nSPS) is 19.0. The van der Waals surface area contributed by atoms with Crippen LogP contribution in [0.5, 0.6) is 0 Å². The van der Waals surface area contributed by atoms with Crippen molar-refractivity contribution in [2.75, 3.05) is 26.2 Å². The molecule has 2 heterocycles. The van der Waals surface area contributed by atoms with Gasteiger partial charge in [-0.05, 0) is 54.5 Å². The minimum absolute atomic E-state index is 0.150. The zero-order chi connectivity index (χ0) is 17.1. The Labute approximate surface area is 142 Å². The van der Waals surface area contributed by atoms with E-state index in [1.165, 1.54) is 5.56 Å². The highest BCUT2D eigenvalue weighted by Gasteiger charge is 2.23. The molecule has 3 N–H and O–H groups in total. The first-order chi connectivity index (χ1) is 11.6. The molecule has 2 aliphatic heterocycles. The molecule has 5 nitrogen and oxygen atoms in total. The van der Waals surface area contributed by atoms with Crippen molar-refractivity contribution >= 4 is 17.4 Å². The van der Waals surface area contributed by atoms with Crippen LogP contribution in [0.2, 0.25) is 0 Å². The fourth-order valence-corrected chi connectivity index (χ4v) is 3.67. The monoisotopic (exact) mass is 327 g/mol. The Balaban J connectivity index is 1.86. The van der Waals surface area contributed by atoms with Crippen LogP contribution in [-0.4, -0.2) is 42.9 Å². The fourth-order valence-electron chi connectivity index (χ4n) is 3.67. The minimum atomic E-state index is -0.380. The van der Waals surface area contributed by atoms with E-state index in [0.717, 1.165) is 56.6 Å². The maximum absolute atomic E-state index is 11.8. The SMILES string of the molecule is CC(=O)N1CCC(c2ccc(C(N)=O)c(C3=CCCNC3)c2)CC1. The Bertz CT molecular complexity index is 673. The summed E-state index contributed by atoms with van der Waals surface area (Å²) in [5, 5.41) is 3.35. The maximum Gasteiger partial charge on any atom is 0.249 e. The van der Waals surface area contributed by atoms with Crippen molar-refractivity contribution in [2.45, 2.75) is 32.1 Å². The van der Waals surface area contributed by atoms with Gasteiger partial charge in [-0.3, -0.25) is 9.59 Å². The molecule has 128 valence electrons. The number of primary amides is 1. The average molecular weight is 327 g/mol. The molecule has 24 heavy (non-hydrogen) atoms. The van der Waals surface area contributed by atoms with E-state index in [0.29, 0.717) is 11.5 Å². The van der Waals surface area contributed by atoms with Crippen molar-refractivity contribution in [2.24, 2.45) is 5.73 Å². The quantitative estimate of drug-likeness (QED) is 0.890. The van der Waals surface area contributed by atoms with E-state index in [9.17, 15) is 9.59 Å². The number of likely N-dealkylation sites (tertiary alicyclic amines) is 1. The maximum atomic E-state index is 11.8. The Hall–Kier alpha value is -2.14. The number of nitrogens with zero attached hydrogens (tertiary/aromatic N) is 1. The van der Waals surface area contributed by atoms with Crippen LogP contribution in [0.15, 0.2) is 24.3 Å². The highest BCUT2D eigenvalue weighted by atomic mass is 16.2. The van der Waals surface area contributed by atoms with E-state index in [4.69, 9.17) is 5.73 Å². The number of hydrogen-bond donors (Lipinski definition) is 2. The van der Waals surface area contributed by atoms with Crippen molar-refractivity contribution in [1.29, 1.82) is 0 Å². The molecule has 3 rings (SSSR count). The second-order valence-electron chi connectivity index (χ2n) is 6.64. The van der Waals surface area contributed by atoms with Crippen molar-refractivity contribution in [3.63, 3.8) is 0 Å². The standard InChI is InChI=1S/C19H25N3O2/c1-13(23)22-9-6-14(7-10-22)15-4-5-17(19(20)24)18(11-15)16-3-2-8-21-12-16/h3-5,11,14,21H,2,6-10,12H2,1H3,(H2,20,24). The van der Waals surface area contributed by atoms with Gasteiger partial charge in [-0.25, -0.2) is 0 Å². The molecule has 1 fully saturated rings. The zero-order valence-electron chi connectivity index (χ0n) is 14.2. The first-order valence-corrected chi connectivity index (χ1v) is 8.65. The molecule has 0 aromatic heterocycles. The smallest absolute Gasteiger partial charge is 0.249 e. The van der Waals surface area contributed by atoms with E-state index in [-0.39, 0.29) is 11.8 Å². The van der Waals surface area contributed by atoms with Gasteiger partial charge in [0.1, 0.15) is 0 Å². The predicted octanol–water partition coefficient (Wildman–Crippen LogP) is 1.89. The van der Waals surface area contributed by atoms with Crippen LogP contribution in [0.3, 0.4) is 0 Å². The van der Waals surface area contributed by atoms with E-state index >= 15 is 0 Å². The van der Waals surface area contributed by atoms with Gasteiger partial charge in [-0.15, -0.1) is 0 Å². The Morgan fingerprint density at radius 2 is 2.00 bits per heavy atom. The molecule has 0 spiro atoms. The summed E-state index contributed by atoms with van der Waals surface area (Å²) in [7, 11) is 0. The lowest BCUT2D eigenvalue weighted by molar-refractivity contribution is -0.129. The van der Waals surface area contributed by atoms with Crippen LogP contribution in [-0.2, 0) is 4.79 Å². The highest BCUT2D eigenvalue weighted by Crippen LogP contribution is 2.31. The summed E-state index contributed by atoms with van der Waals surface area (Å²) < 4.78 is 0. The van der Waals surface area contributed by atoms with E-state index in [1.807, 2.05) is 17.0 Å². The van der Waals surface area contributed by atoms with Crippen molar-refractivity contribution in [3.05, 3.63) is 41.0 Å². The molecule has 2 amide bonds. The topological polar surface area (TPSA) is 75.4 Å². The second kappa shape index (κ2) is 7.18. The molecule has 0 atom stereocenters. The first kappa shape index (κ1) is 16.7. The first-order valence-electron chi connectivity index (χ1n) is 8.65. The summed E-state index contributed by atoms with van der Waals surface area (Å²) >= 11 is 0. The van der Waals surface area contributed by atoms with Gasteiger partial charge < -0.3 is 16.0 Å². The number of nitrogens with two attached hydrogens (primary N) is 1. The largest absolute Gasteiger partial charge is 0.366 e. The zero-order valence-corrected chi connectivity index (χ0v) is 14.2. The van der Waals surface area contributed by atoms with E-state index in [2.05, 4.69) is 17.5 Å². The Morgan fingerprint density at radius 1 is 1.25 bits per heavy atom. The van der Waals surface area contributed by atoms with E-state index < -0.39 is 0 Å². The average Bonchev–Trinajstić information content (AvgIpc) is 2.62. The number of hydrogen-bond acceptors (Lipinski definition) is 3. The van der Waals surface area contributed by atoms with Crippen molar-refractivity contribution in [1.82, 2.24) is 10.2 Å². The fraction of sp³-hybridized carbons (Fsp3) is 0.474. The van der Waals surface area contributed by atoms with Gasteiger partial charge in [0.15, 0.2) is 0 Å². The van der Waals surface area contributed by atoms with Crippen LogP contribution in [0.25, 0.3) is 5.57 Å². The van der Waals surface area contributed by atoms with Crippen LogP contribution < -0.4 is 11.1 Å². The number of rotatable bonds is 3. The molecule has 0 aliphatic carbocycles. The number of carbonyl (C=O) groups is 2. The molecule has 5 heteroatoms. The van der Waals surface area contributed by atoms with Gasteiger partial charge >= 0.3 is 0 Å². The van der Waals surface area contributed by atoms with Gasteiger partial charge in [0.2, 0.25) is 11.8 Å². The molecule has 0 radical (unpaired) electrons. The van der Waals surface area contributed by atoms with Crippen molar-refractivity contribution < 1.29 is 9.59 Å². The van der Waals surface area contributed by atoms with Crippen LogP contribution >= 0.6 is 0 Å². The predicted molar refractivity (Wildman–Crippen MR) is 94.7 cm³/mol. The molecular formula is C19H25N3O2. The van der Waals surface area contributed by atoms with Gasteiger partial charge in [0, 0.05) is 32.1 Å². The number of carbonyl (C=O) groups excluding carboxylic acids is 2. The van der Waals surface area contributed by atoms with Gasteiger partial charge in [-0.1, -0.05) is 18.2 Å². The van der Waals surface area contributed by atoms with Crippen LogP contribution in [0, 0.1) is 0 Å². The summed E-state index contributed by atoms with van der Waals surface area (Å²) in [6.45, 7) is 4.97. The Kier molecular flexibility index (Phi) is 5.00. The lowest BCUT2D eigenvalue weighted by atomic mass is 9.85.